The van der Waals surface area contributed by atoms with Crippen LogP contribution < -0.4 is 0 Å². The molecular formula is C53H31N7. The van der Waals surface area contributed by atoms with Crippen LogP contribution in [0.5, 0.6) is 0 Å². The SMILES string of the molecule is N#Cc1ccc(-c2ccc(-c3nc(-c4ccccc4)nc(-c4ccc(C#N)c(-n5c6ccccc6c6ccccc65)c4)n3)cc2-n2c3ccccc3c3ccccc32)cc1. The summed E-state index contributed by atoms with van der Waals surface area (Å²) in [6.45, 7) is 0. The zero-order valence-electron chi connectivity index (χ0n) is 32.0. The lowest BCUT2D eigenvalue weighted by Gasteiger charge is -2.16. The number of hydrogen-bond donors (Lipinski definition) is 0. The Labute approximate surface area is 345 Å². The molecule has 3 aromatic heterocycles. The van der Waals surface area contributed by atoms with Crippen molar-refractivity contribution in [2.24, 2.45) is 0 Å². The fourth-order valence-corrected chi connectivity index (χ4v) is 8.49. The Hall–Kier alpha value is -8.65. The van der Waals surface area contributed by atoms with Gasteiger partial charge in [-0.2, -0.15) is 10.5 Å². The maximum atomic E-state index is 10.5. The Kier molecular flexibility index (Phi) is 8.11. The van der Waals surface area contributed by atoms with Crippen LogP contribution in [0.4, 0.5) is 0 Å². The molecule has 0 spiro atoms. The molecule has 7 heteroatoms. The Morgan fingerprint density at radius 2 is 0.767 bits per heavy atom. The molecule has 0 unspecified atom stereocenters. The van der Waals surface area contributed by atoms with Gasteiger partial charge in [-0.05, 0) is 66.2 Å². The second kappa shape index (κ2) is 14.1. The van der Waals surface area contributed by atoms with Crippen LogP contribution in [0.25, 0.3) is 100 Å². The van der Waals surface area contributed by atoms with E-state index in [1.165, 1.54) is 0 Å². The average Bonchev–Trinajstić information content (AvgIpc) is 3.84. The van der Waals surface area contributed by atoms with Crippen LogP contribution in [0.1, 0.15) is 11.1 Å². The fraction of sp³-hybridized carbons (Fsp3) is 0. The Balaban J connectivity index is 1.15. The van der Waals surface area contributed by atoms with E-state index in [9.17, 15) is 10.5 Å². The quantitative estimate of drug-likeness (QED) is 0.168. The van der Waals surface area contributed by atoms with Gasteiger partial charge in [0.1, 0.15) is 6.07 Å². The minimum Gasteiger partial charge on any atom is -0.309 e. The van der Waals surface area contributed by atoms with Crippen molar-refractivity contribution in [3.05, 3.63) is 199 Å². The molecule has 278 valence electrons. The topological polar surface area (TPSA) is 96.1 Å². The van der Waals surface area contributed by atoms with E-state index >= 15 is 0 Å². The van der Waals surface area contributed by atoms with Crippen LogP contribution in [0.2, 0.25) is 0 Å². The molecular weight excluding hydrogens is 735 g/mol. The van der Waals surface area contributed by atoms with Crippen molar-refractivity contribution in [2.45, 2.75) is 0 Å². The number of benzene rings is 8. The third-order valence-electron chi connectivity index (χ3n) is 11.3. The lowest BCUT2D eigenvalue weighted by atomic mass is 9.99. The van der Waals surface area contributed by atoms with Gasteiger partial charge in [0.05, 0.1) is 50.6 Å². The number of fused-ring (bicyclic) bond motifs is 6. The molecule has 11 aromatic rings. The highest BCUT2D eigenvalue weighted by atomic mass is 15.0. The lowest BCUT2D eigenvalue weighted by Crippen LogP contribution is -2.03. The molecule has 8 aromatic carbocycles. The lowest BCUT2D eigenvalue weighted by molar-refractivity contribution is 1.07. The van der Waals surface area contributed by atoms with Crippen LogP contribution in [0.15, 0.2) is 188 Å². The van der Waals surface area contributed by atoms with Gasteiger partial charge in [0.2, 0.25) is 0 Å². The van der Waals surface area contributed by atoms with E-state index in [2.05, 4.69) is 112 Å². The molecule has 0 saturated carbocycles. The third kappa shape index (κ3) is 5.61. The number of nitriles is 2. The number of aromatic nitrogens is 5. The summed E-state index contributed by atoms with van der Waals surface area (Å²) in [6.07, 6.45) is 0. The summed E-state index contributed by atoms with van der Waals surface area (Å²) in [5.41, 5.74) is 11.4. The van der Waals surface area contributed by atoms with Gasteiger partial charge in [-0.3, -0.25) is 0 Å². The van der Waals surface area contributed by atoms with Gasteiger partial charge >= 0.3 is 0 Å². The maximum absolute atomic E-state index is 10.5. The van der Waals surface area contributed by atoms with Crippen LogP contribution >= 0.6 is 0 Å². The summed E-state index contributed by atoms with van der Waals surface area (Å²) >= 11 is 0. The number of para-hydroxylation sites is 4. The summed E-state index contributed by atoms with van der Waals surface area (Å²) in [7, 11) is 0. The molecule has 3 heterocycles. The van der Waals surface area contributed by atoms with Crippen molar-refractivity contribution >= 4 is 43.6 Å². The normalized spacial score (nSPS) is 11.3. The van der Waals surface area contributed by atoms with Crippen molar-refractivity contribution < 1.29 is 0 Å². The minimum absolute atomic E-state index is 0.486. The van der Waals surface area contributed by atoms with Gasteiger partial charge < -0.3 is 9.13 Å². The molecule has 0 bridgehead atoms. The molecule has 0 fully saturated rings. The van der Waals surface area contributed by atoms with Gasteiger partial charge in [-0.25, -0.2) is 15.0 Å². The molecule has 11 rings (SSSR count). The van der Waals surface area contributed by atoms with Crippen LogP contribution in [0.3, 0.4) is 0 Å². The first kappa shape index (κ1) is 34.6. The summed E-state index contributed by atoms with van der Waals surface area (Å²) in [6, 6.07) is 67.9. The molecule has 0 aliphatic carbocycles. The van der Waals surface area contributed by atoms with Crippen molar-refractivity contribution in [2.75, 3.05) is 0 Å². The second-order valence-corrected chi connectivity index (χ2v) is 14.7. The highest BCUT2D eigenvalue weighted by Crippen LogP contribution is 2.39. The van der Waals surface area contributed by atoms with Gasteiger partial charge in [0.25, 0.3) is 0 Å². The largest absolute Gasteiger partial charge is 0.309 e. The zero-order valence-corrected chi connectivity index (χ0v) is 32.0. The van der Waals surface area contributed by atoms with Gasteiger partial charge in [0, 0.05) is 43.8 Å². The molecule has 0 aliphatic heterocycles. The van der Waals surface area contributed by atoms with Crippen LogP contribution in [-0.4, -0.2) is 24.1 Å². The Morgan fingerprint density at radius 3 is 1.27 bits per heavy atom. The zero-order chi connectivity index (χ0) is 40.2. The van der Waals surface area contributed by atoms with E-state index in [0.29, 0.717) is 28.6 Å². The smallest absolute Gasteiger partial charge is 0.164 e. The van der Waals surface area contributed by atoms with E-state index in [0.717, 1.165) is 82.8 Å². The van der Waals surface area contributed by atoms with Crippen molar-refractivity contribution in [1.82, 2.24) is 24.1 Å². The first-order chi connectivity index (χ1) is 29.7. The number of hydrogen-bond acceptors (Lipinski definition) is 5. The number of rotatable bonds is 6. The predicted octanol–water partition coefficient (Wildman–Crippen LogP) is 12.5. The first-order valence-corrected chi connectivity index (χ1v) is 19.6. The highest BCUT2D eigenvalue weighted by Gasteiger charge is 2.21. The molecule has 0 radical (unpaired) electrons. The summed E-state index contributed by atoms with van der Waals surface area (Å²) in [5, 5.41) is 24.6. The number of nitrogens with zero attached hydrogens (tertiary/aromatic N) is 7. The third-order valence-corrected chi connectivity index (χ3v) is 11.3. The standard InChI is InChI=1S/C53H31N7/c54-32-34-22-24-35(25-23-34)40-29-28-38(31-50(40)60-47-20-10-6-16-43(47)44-17-7-11-21-48(44)60)53-57-51(36-12-2-1-3-13-36)56-52(58-53)37-26-27-39(33-55)49(30-37)59-45-18-8-4-14-41(45)42-15-5-9-19-46(42)59/h1-31H. The molecule has 0 amide bonds. The minimum atomic E-state index is 0.486. The van der Waals surface area contributed by atoms with Crippen molar-refractivity contribution in [3.63, 3.8) is 0 Å². The van der Waals surface area contributed by atoms with Crippen LogP contribution in [-0.2, 0) is 0 Å². The summed E-state index contributed by atoms with van der Waals surface area (Å²) in [5.74, 6) is 1.53. The van der Waals surface area contributed by atoms with E-state index in [4.69, 9.17) is 15.0 Å². The molecule has 60 heavy (non-hydrogen) atoms. The van der Waals surface area contributed by atoms with E-state index in [-0.39, 0.29) is 0 Å². The predicted molar refractivity (Wildman–Crippen MR) is 240 cm³/mol. The van der Waals surface area contributed by atoms with Gasteiger partial charge in [-0.15, -0.1) is 0 Å². The molecule has 0 N–H and O–H groups in total. The molecule has 0 saturated heterocycles. The summed E-state index contributed by atoms with van der Waals surface area (Å²) < 4.78 is 4.47. The molecule has 0 aliphatic rings. The highest BCUT2D eigenvalue weighted by molar-refractivity contribution is 6.10. The van der Waals surface area contributed by atoms with Gasteiger partial charge in [-0.1, -0.05) is 127 Å². The maximum Gasteiger partial charge on any atom is 0.164 e. The van der Waals surface area contributed by atoms with E-state index < -0.39 is 0 Å². The molecule has 7 nitrogen and oxygen atoms in total. The van der Waals surface area contributed by atoms with E-state index in [1.807, 2.05) is 97.1 Å². The van der Waals surface area contributed by atoms with Crippen molar-refractivity contribution in [1.29, 1.82) is 10.5 Å². The fourth-order valence-electron chi connectivity index (χ4n) is 8.49. The van der Waals surface area contributed by atoms with Gasteiger partial charge in [0.15, 0.2) is 17.5 Å². The van der Waals surface area contributed by atoms with Crippen LogP contribution in [0, 0.1) is 22.7 Å². The van der Waals surface area contributed by atoms with E-state index in [1.54, 1.807) is 0 Å². The van der Waals surface area contributed by atoms with Crippen molar-refractivity contribution in [3.8, 4) is 68.8 Å². The monoisotopic (exact) mass is 765 g/mol. The Bertz CT molecular complexity index is 3460. The Morgan fingerprint density at radius 1 is 0.350 bits per heavy atom. The average molecular weight is 766 g/mol. The summed E-state index contributed by atoms with van der Waals surface area (Å²) in [4.78, 5) is 15.4. The second-order valence-electron chi connectivity index (χ2n) is 14.7. The first-order valence-electron chi connectivity index (χ1n) is 19.6. The molecule has 0 atom stereocenters.